The van der Waals surface area contributed by atoms with E-state index in [2.05, 4.69) is 5.32 Å². The highest BCUT2D eigenvalue weighted by Gasteiger charge is 2.36. The van der Waals surface area contributed by atoms with Gasteiger partial charge in [0.25, 0.3) is 0 Å². The number of anilines is 2. The van der Waals surface area contributed by atoms with Crippen LogP contribution in [0.25, 0.3) is 0 Å². The largest absolute Gasteiger partial charge is 0.506 e. The second-order valence-corrected chi connectivity index (χ2v) is 6.47. The minimum absolute atomic E-state index is 0.000339. The van der Waals surface area contributed by atoms with Gasteiger partial charge in [-0.1, -0.05) is 0 Å². The summed E-state index contributed by atoms with van der Waals surface area (Å²) in [6.45, 7) is 0.278. The van der Waals surface area contributed by atoms with Crippen LogP contribution in [-0.2, 0) is 9.59 Å². The number of fused-ring (bicyclic) bond motifs is 1. The molecule has 2 heterocycles. The van der Waals surface area contributed by atoms with E-state index in [-0.39, 0.29) is 42.7 Å². The van der Waals surface area contributed by atoms with E-state index < -0.39 is 17.8 Å². The Kier molecular flexibility index (Phi) is 4.26. The predicted molar refractivity (Wildman–Crippen MR) is 96.7 cm³/mol. The molecule has 2 aromatic rings. The van der Waals surface area contributed by atoms with E-state index >= 15 is 0 Å². The van der Waals surface area contributed by atoms with Crippen molar-refractivity contribution >= 4 is 29.2 Å². The van der Waals surface area contributed by atoms with Crippen molar-refractivity contribution in [2.45, 2.75) is 6.42 Å². The number of aromatic hydroxyl groups is 1. The van der Waals surface area contributed by atoms with Gasteiger partial charge in [0.2, 0.25) is 18.6 Å². The van der Waals surface area contributed by atoms with Crippen LogP contribution in [0.3, 0.4) is 0 Å². The van der Waals surface area contributed by atoms with Gasteiger partial charge in [0.1, 0.15) is 5.75 Å². The van der Waals surface area contributed by atoms with Gasteiger partial charge in [0, 0.05) is 24.7 Å². The fourth-order valence-electron chi connectivity index (χ4n) is 3.19. The van der Waals surface area contributed by atoms with Crippen LogP contribution in [-0.4, -0.2) is 41.3 Å². The molecule has 0 saturated carbocycles. The zero-order valence-electron chi connectivity index (χ0n) is 14.5. The molecule has 9 heteroatoms. The van der Waals surface area contributed by atoms with Crippen LogP contribution in [0.15, 0.2) is 36.4 Å². The highest BCUT2D eigenvalue weighted by molar-refractivity contribution is 6.04. The molecule has 1 saturated heterocycles. The molecule has 0 aromatic heterocycles. The Morgan fingerprint density at radius 3 is 2.68 bits per heavy atom. The molecule has 0 bridgehead atoms. The number of carbonyl (C=O) groups excluding carboxylic acids is 2. The first-order chi connectivity index (χ1) is 13.4. The lowest BCUT2D eigenvalue weighted by molar-refractivity contribution is -0.122. The molecular weight excluding hydrogens is 368 g/mol. The molecule has 9 nitrogen and oxygen atoms in total. The summed E-state index contributed by atoms with van der Waals surface area (Å²) >= 11 is 0. The van der Waals surface area contributed by atoms with E-state index in [0.717, 1.165) is 0 Å². The molecule has 28 heavy (non-hydrogen) atoms. The number of carbonyl (C=O) groups is 3. The lowest BCUT2D eigenvalue weighted by atomic mass is 10.1. The third-order valence-electron chi connectivity index (χ3n) is 4.67. The fourth-order valence-corrected chi connectivity index (χ4v) is 3.19. The van der Waals surface area contributed by atoms with Crippen molar-refractivity contribution < 1.29 is 34.1 Å². The second-order valence-electron chi connectivity index (χ2n) is 6.47. The lowest BCUT2D eigenvalue weighted by Gasteiger charge is -2.17. The van der Waals surface area contributed by atoms with Crippen molar-refractivity contribution in [2.24, 2.45) is 5.92 Å². The molecule has 1 atom stereocenters. The monoisotopic (exact) mass is 384 g/mol. The smallest absolute Gasteiger partial charge is 0.335 e. The van der Waals surface area contributed by atoms with Gasteiger partial charge < -0.3 is 29.9 Å². The molecule has 1 unspecified atom stereocenters. The maximum Gasteiger partial charge on any atom is 0.335 e. The van der Waals surface area contributed by atoms with E-state index in [0.29, 0.717) is 17.2 Å². The van der Waals surface area contributed by atoms with Crippen molar-refractivity contribution in [3.05, 3.63) is 42.0 Å². The Hall–Kier alpha value is -3.75. The Balaban J connectivity index is 1.49. The van der Waals surface area contributed by atoms with E-state index in [1.807, 2.05) is 0 Å². The van der Waals surface area contributed by atoms with Gasteiger partial charge in [-0.15, -0.1) is 0 Å². The third kappa shape index (κ3) is 3.18. The number of hydrogen-bond acceptors (Lipinski definition) is 6. The van der Waals surface area contributed by atoms with Gasteiger partial charge in [0.15, 0.2) is 11.5 Å². The summed E-state index contributed by atoms with van der Waals surface area (Å²) in [6.07, 6.45) is -0.000339. The number of aromatic carboxylic acids is 1. The van der Waals surface area contributed by atoms with E-state index in [4.69, 9.17) is 14.6 Å². The zero-order valence-corrected chi connectivity index (χ0v) is 14.5. The number of benzene rings is 2. The summed E-state index contributed by atoms with van der Waals surface area (Å²) in [5.74, 6) is -1.65. The van der Waals surface area contributed by atoms with Gasteiger partial charge >= 0.3 is 5.97 Å². The minimum Gasteiger partial charge on any atom is -0.506 e. The minimum atomic E-state index is -1.18. The molecule has 1 fully saturated rings. The van der Waals surface area contributed by atoms with Gasteiger partial charge in [-0.2, -0.15) is 0 Å². The van der Waals surface area contributed by atoms with Crippen LogP contribution in [0.1, 0.15) is 16.8 Å². The van der Waals surface area contributed by atoms with Gasteiger partial charge in [-0.3, -0.25) is 9.59 Å². The van der Waals surface area contributed by atoms with Crippen LogP contribution >= 0.6 is 0 Å². The molecular formula is C19H16N2O7. The molecule has 2 aliphatic heterocycles. The number of nitrogens with zero attached hydrogens (tertiary/aromatic N) is 1. The van der Waals surface area contributed by atoms with Crippen molar-refractivity contribution in [1.82, 2.24) is 0 Å². The summed E-state index contributed by atoms with van der Waals surface area (Å²) in [5.41, 5.74) is 0.511. The molecule has 0 radical (unpaired) electrons. The first-order valence-electron chi connectivity index (χ1n) is 8.49. The first-order valence-corrected chi connectivity index (χ1v) is 8.49. The Morgan fingerprint density at radius 1 is 1.11 bits per heavy atom. The van der Waals surface area contributed by atoms with Crippen LogP contribution in [0.2, 0.25) is 0 Å². The molecule has 2 amide bonds. The number of nitrogens with one attached hydrogen (secondary N) is 1. The van der Waals surface area contributed by atoms with Gasteiger partial charge in [-0.05, 0) is 30.3 Å². The predicted octanol–water partition coefficient (Wildman–Crippen LogP) is 1.81. The number of amides is 2. The summed E-state index contributed by atoms with van der Waals surface area (Å²) in [7, 11) is 0. The number of rotatable bonds is 4. The van der Waals surface area contributed by atoms with E-state index in [1.165, 1.54) is 23.1 Å². The summed E-state index contributed by atoms with van der Waals surface area (Å²) < 4.78 is 10.6. The standard InChI is InChI=1S/C19H16N2O7/c22-14-3-1-10(19(25)26)5-13(14)20-18(24)11-6-17(23)21(8-11)12-2-4-15-16(7-12)28-9-27-15/h1-5,7,11,22H,6,8-9H2,(H,20,24)(H,25,26). The maximum atomic E-state index is 12.6. The number of ether oxygens (including phenoxy) is 2. The van der Waals surface area contributed by atoms with E-state index in [1.54, 1.807) is 18.2 Å². The maximum absolute atomic E-state index is 12.6. The summed E-state index contributed by atoms with van der Waals surface area (Å²) in [6, 6.07) is 8.69. The molecule has 2 aliphatic rings. The molecule has 4 rings (SSSR count). The van der Waals surface area contributed by atoms with Crippen molar-refractivity contribution in [3.63, 3.8) is 0 Å². The quantitative estimate of drug-likeness (QED) is 0.687. The fraction of sp³-hybridized carbons (Fsp3) is 0.211. The average Bonchev–Trinajstić information content (AvgIpc) is 3.29. The number of phenols is 1. The number of hydrogen-bond donors (Lipinski definition) is 3. The molecule has 144 valence electrons. The Morgan fingerprint density at radius 2 is 1.89 bits per heavy atom. The summed E-state index contributed by atoms with van der Waals surface area (Å²) in [5, 5.41) is 21.4. The molecule has 0 spiro atoms. The second kappa shape index (κ2) is 6.76. The Labute approximate surface area is 159 Å². The van der Waals surface area contributed by atoms with Crippen LogP contribution in [0.5, 0.6) is 17.2 Å². The summed E-state index contributed by atoms with van der Waals surface area (Å²) in [4.78, 5) is 37.5. The van der Waals surface area contributed by atoms with Crippen LogP contribution in [0, 0.1) is 5.92 Å². The normalized spacial score (nSPS) is 17.6. The first kappa shape index (κ1) is 17.7. The van der Waals surface area contributed by atoms with Crippen LogP contribution in [0.4, 0.5) is 11.4 Å². The highest BCUT2D eigenvalue weighted by atomic mass is 16.7. The molecule has 2 aromatic carbocycles. The third-order valence-corrected chi connectivity index (χ3v) is 4.67. The van der Waals surface area contributed by atoms with Crippen molar-refractivity contribution in [2.75, 3.05) is 23.6 Å². The zero-order chi connectivity index (χ0) is 19.8. The van der Waals surface area contributed by atoms with Gasteiger partial charge in [0.05, 0.1) is 17.2 Å². The van der Waals surface area contributed by atoms with Crippen molar-refractivity contribution in [3.8, 4) is 17.2 Å². The molecule has 0 aliphatic carbocycles. The number of carboxylic acids is 1. The van der Waals surface area contributed by atoms with Crippen LogP contribution < -0.4 is 19.7 Å². The molecule has 3 N–H and O–H groups in total. The van der Waals surface area contributed by atoms with Gasteiger partial charge in [-0.25, -0.2) is 4.79 Å². The van der Waals surface area contributed by atoms with E-state index in [9.17, 15) is 19.5 Å². The number of carboxylic acid groups (broad SMARTS) is 1. The average molecular weight is 384 g/mol. The Bertz CT molecular complexity index is 988. The van der Waals surface area contributed by atoms with Crippen molar-refractivity contribution in [1.29, 1.82) is 0 Å². The highest BCUT2D eigenvalue weighted by Crippen LogP contribution is 2.37. The number of phenolic OH excluding ortho intramolecular Hbond substituents is 1. The SMILES string of the molecule is O=C(O)c1ccc(O)c(NC(=O)C2CC(=O)N(c3ccc4c(c3)OCO4)C2)c1. The topological polar surface area (TPSA) is 125 Å². The lowest BCUT2D eigenvalue weighted by Crippen LogP contribution is -2.28.